The molecule has 21 heavy (non-hydrogen) atoms. The van der Waals surface area contributed by atoms with Gasteiger partial charge < -0.3 is 14.8 Å². The van der Waals surface area contributed by atoms with Crippen molar-refractivity contribution in [3.63, 3.8) is 0 Å². The number of carbonyl (C=O) groups excluding carboxylic acids is 1. The molecule has 0 spiro atoms. The number of carbonyl (C=O) groups is 1. The minimum Gasteiger partial charge on any atom is -0.508 e. The second-order valence-corrected chi connectivity index (χ2v) is 4.31. The molecule has 1 amide bonds. The number of nitrogens with zero attached hydrogens (tertiary/aromatic N) is 2. The van der Waals surface area contributed by atoms with Gasteiger partial charge in [0.25, 0.3) is 5.91 Å². The van der Waals surface area contributed by atoms with Crippen LogP contribution in [0.25, 0.3) is 0 Å². The molecule has 0 saturated carbocycles. The predicted octanol–water partition coefficient (Wildman–Crippen LogP) is 0.560. The van der Waals surface area contributed by atoms with Gasteiger partial charge in [-0.05, 0) is 18.2 Å². The van der Waals surface area contributed by atoms with E-state index in [1.54, 1.807) is 0 Å². The zero-order chi connectivity index (χ0) is 15.4. The van der Waals surface area contributed by atoms with Gasteiger partial charge in [0.2, 0.25) is 5.56 Å². The first-order valence-electron chi connectivity index (χ1n) is 5.99. The first-order chi connectivity index (χ1) is 9.97. The first-order valence-corrected chi connectivity index (χ1v) is 5.99. The molecule has 0 atom stereocenters. The summed E-state index contributed by atoms with van der Waals surface area (Å²) in [5.74, 6) is -0.714. The van der Waals surface area contributed by atoms with Crippen LogP contribution in [-0.4, -0.2) is 26.9 Å². The Bertz CT molecular complexity index is 765. The second-order valence-electron chi connectivity index (χ2n) is 4.31. The summed E-state index contributed by atoms with van der Waals surface area (Å²) >= 11 is 0. The van der Waals surface area contributed by atoms with Crippen molar-refractivity contribution in [3.05, 3.63) is 58.0 Å². The van der Waals surface area contributed by atoms with Crippen LogP contribution in [0.4, 0.5) is 0 Å². The molecule has 0 aliphatic rings. The number of phenolic OH excluding ortho intramolecular Hbond substituents is 2. The minimum absolute atomic E-state index is 0.0705. The van der Waals surface area contributed by atoms with Crippen molar-refractivity contribution in [2.75, 3.05) is 0 Å². The van der Waals surface area contributed by atoms with Gasteiger partial charge in [-0.3, -0.25) is 9.59 Å². The number of phenols is 2. The third-order valence-corrected chi connectivity index (χ3v) is 2.73. The predicted molar refractivity (Wildman–Crippen MR) is 76.5 cm³/mol. The van der Waals surface area contributed by atoms with E-state index in [0.717, 1.165) is 6.07 Å². The third kappa shape index (κ3) is 3.47. The average molecular weight is 287 g/mol. The highest BCUT2D eigenvalue weighted by Gasteiger charge is 2.05. The molecule has 0 radical (unpaired) electrons. The summed E-state index contributed by atoms with van der Waals surface area (Å²) in [5, 5.41) is 22.4. The lowest BCUT2D eigenvalue weighted by atomic mass is 10.2. The highest BCUT2D eigenvalue weighted by atomic mass is 16.3. The zero-order valence-electron chi connectivity index (χ0n) is 11.1. The monoisotopic (exact) mass is 287 g/mol. The van der Waals surface area contributed by atoms with Crippen LogP contribution in [0.1, 0.15) is 15.9 Å². The van der Waals surface area contributed by atoms with E-state index in [1.807, 2.05) is 0 Å². The van der Waals surface area contributed by atoms with Crippen molar-refractivity contribution in [1.29, 1.82) is 0 Å². The highest BCUT2D eigenvalue weighted by molar-refractivity contribution is 5.94. The van der Waals surface area contributed by atoms with Crippen LogP contribution in [-0.2, 0) is 7.05 Å². The molecule has 7 heteroatoms. The molecule has 7 nitrogen and oxygen atoms in total. The summed E-state index contributed by atoms with van der Waals surface area (Å²) in [6.07, 6.45) is 2.64. The van der Waals surface area contributed by atoms with E-state index in [4.69, 9.17) is 5.11 Å². The highest BCUT2D eigenvalue weighted by Crippen LogP contribution is 2.20. The maximum absolute atomic E-state index is 11.8. The van der Waals surface area contributed by atoms with Gasteiger partial charge in [0.1, 0.15) is 11.5 Å². The van der Waals surface area contributed by atoms with Gasteiger partial charge in [0.05, 0.1) is 11.8 Å². The Balaban J connectivity index is 2.08. The molecular formula is C14H13N3O4. The Morgan fingerprint density at radius 3 is 2.71 bits per heavy atom. The molecule has 0 saturated heterocycles. The molecule has 0 aliphatic carbocycles. The molecule has 2 rings (SSSR count). The second kappa shape index (κ2) is 5.91. The Hall–Kier alpha value is -3.09. The maximum Gasteiger partial charge on any atom is 0.272 e. The molecule has 0 aliphatic heterocycles. The number of hydrogen-bond donors (Lipinski definition) is 3. The lowest BCUT2D eigenvalue weighted by Gasteiger charge is -2.02. The van der Waals surface area contributed by atoms with Gasteiger partial charge in [-0.25, -0.2) is 5.43 Å². The fourth-order valence-corrected chi connectivity index (χ4v) is 1.59. The molecule has 108 valence electrons. The van der Waals surface area contributed by atoms with Gasteiger partial charge in [0.15, 0.2) is 0 Å². The van der Waals surface area contributed by atoms with Gasteiger partial charge in [-0.2, -0.15) is 5.10 Å². The van der Waals surface area contributed by atoms with Crippen LogP contribution in [0.2, 0.25) is 0 Å². The van der Waals surface area contributed by atoms with Crippen LogP contribution < -0.4 is 11.0 Å². The van der Waals surface area contributed by atoms with Crippen LogP contribution in [0.5, 0.6) is 11.5 Å². The SMILES string of the molecule is Cn1cc(C(=O)N/N=C\c2ccc(O)cc2O)ccc1=O. The third-order valence-electron chi connectivity index (χ3n) is 2.73. The number of aryl methyl sites for hydroxylation is 1. The van der Waals surface area contributed by atoms with Gasteiger partial charge >= 0.3 is 0 Å². The van der Waals surface area contributed by atoms with Crippen molar-refractivity contribution in [3.8, 4) is 11.5 Å². The normalized spacial score (nSPS) is 10.7. The summed E-state index contributed by atoms with van der Waals surface area (Å²) in [6.45, 7) is 0. The molecule has 0 fully saturated rings. The van der Waals surface area contributed by atoms with E-state index in [9.17, 15) is 14.7 Å². The number of benzene rings is 1. The topological polar surface area (TPSA) is 104 Å². The number of nitrogens with one attached hydrogen (secondary N) is 1. The largest absolute Gasteiger partial charge is 0.508 e. The van der Waals surface area contributed by atoms with Gasteiger partial charge in [0, 0.05) is 30.9 Å². The molecule has 0 unspecified atom stereocenters. The van der Waals surface area contributed by atoms with Crippen LogP contribution in [0.3, 0.4) is 0 Å². The quantitative estimate of drug-likeness (QED) is 0.566. The van der Waals surface area contributed by atoms with E-state index in [0.29, 0.717) is 5.56 Å². The van der Waals surface area contributed by atoms with Crippen molar-refractivity contribution in [1.82, 2.24) is 9.99 Å². The molecule has 3 N–H and O–H groups in total. The molecule has 2 aromatic rings. The molecular weight excluding hydrogens is 274 g/mol. The number of aromatic nitrogens is 1. The number of amides is 1. The number of hydrogen-bond acceptors (Lipinski definition) is 5. The summed E-state index contributed by atoms with van der Waals surface area (Å²) in [4.78, 5) is 23.0. The fourth-order valence-electron chi connectivity index (χ4n) is 1.59. The number of aromatic hydroxyl groups is 2. The van der Waals surface area contributed by atoms with E-state index in [1.165, 1.54) is 48.3 Å². The zero-order valence-corrected chi connectivity index (χ0v) is 11.1. The van der Waals surface area contributed by atoms with Crippen molar-refractivity contribution in [2.24, 2.45) is 12.1 Å². The van der Waals surface area contributed by atoms with E-state index in [2.05, 4.69) is 10.5 Å². The molecule has 1 aromatic carbocycles. The van der Waals surface area contributed by atoms with Gasteiger partial charge in [-0.15, -0.1) is 0 Å². The Kier molecular flexibility index (Phi) is 4.03. The molecule has 0 bridgehead atoms. The number of pyridine rings is 1. The Morgan fingerprint density at radius 1 is 1.29 bits per heavy atom. The Labute approximate surface area is 119 Å². The summed E-state index contributed by atoms with van der Waals surface area (Å²) in [5.41, 5.74) is 2.68. The van der Waals surface area contributed by atoms with Crippen LogP contribution >= 0.6 is 0 Å². The smallest absolute Gasteiger partial charge is 0.272 e. The van der Waals surface area contributed by atoms with Crippen molar-refractivity contribution in [2.45, 2.75) is 0 Å². The Morgan fingerprint density at radius 2 is 2.05 bits per heavy atom. The summed E-state index contributed by atoms with van der Waals surface area (Å²) in [6, 6.07) is 6.67. The van der Waals surface area contributed by atoms with Crippen LogP contribution in [0.15, 0.2) is 46.4 Å². The molecule has 1 aromatic heterocycles. The lowest BCUT2D eigenvalue weighted by Crippen LogP contribution is -2.22. The number of rotatable bonds is 3. The van der Waals surface area contributed by atoms with E-state index in [-0.39, 0.29) is 22.6 Å². The standard InChI is InChI=1S/C14H13N3O4/c1-17-8-10(3-5-13(17)20)14(21)16-15-7-9-2-4-11(18)6-12(9)19/h2-8,18-19H,1H3,(H,16,21)/b15-7-. The fraction of sp³-hybridized carbons (Fsp3) is 0.0714. The first kappa shape index (κ1) is 14.3. The lowest BCUT2D eigenvalue weighted by molar-refractivity contribution is 0.0954. The van der Waals surface area contributed by atoms with E-state index < -0.39 is 5.91 Å². The maximum atomic E-state index is 11.8. The van der Waals surface area contributed by atoms with Gasteiger partial charge in [-0.1, -0.05) is 0 Å². The average Bonchev–Trinajstić information content (AvgIpc) is 2.44. The van der Waals surface area contributed by atoms with Crippen molar-refractivity contribution >= 4 is 12.1 Å². The molecule has 1 heterocycles. The van der Waals surface area contributed by atoms with Crippen LogP contribution in [0, 0.1) is 0 Å². The van der Waals surface area contributed by atoms with Crippen molar-refractivity contribution < 1.29 is 15.0 Å². The number of hydrazone groups is 1. The van der Waals surface area contributed by atoms with E-state index >= 15 is 0 Å². The summed E-state index contributed by atoms with van der Waals surface area (Å²) < 4.78 is 1.28. The summed E-state index contributed by atoms with van der Waals surface area (Å²) in [7, 11) is 1.54. The minimum atomic E-state index is -0.486.